The van der Waals surface area contributed by atoms with Gasteiger partial charge in [-0.3, -0.25) is 10.2 Å². The van der Waals surface area contributed by atoms with Crippen LogP contribution in [0.2, 0.25) is 0 Å². The van der Waals surface area contributed by atoms with Gasteiger partial charge < -0.3 is 19.8 Å². The first-order valence-electron chi connectivity index (χ1n) is 11.4. The molecule has 194 valence electrons. The SMILES string of the molecule is O=C(Nc1cc(OC[C@H](O)CO)ncn1)N1c2nc(-c3cccc(C(F)(F)F)c3)ncc2N2CCC1C2. The van der Waals surface area contributed by atoms with Gasteiger partial charge in [-0.15, -0.1) is 0 Å². The van der Waals surface area contributed by atoms with Crippen molar-refractivity contribution in [3.05, 3.63) is 48.4 Å². The Bertz CT molecular complexity index is 1310. The molecule has 2 aliphatic heterocycles. The zero-order chi connectivity index (χ0) is 26.2. The number of nitrogens with zero attached hydrogens (tertiary/aromatic N) is 6. The summed E-state index contributed by atoms with van der Waals surface area (Å²) < 4.78 is 45.0. The Labute approximate surface area is 208 Å². The average Bonchev–Trinajstić information content (AvgIpc) is 3.31. The van der Waals surface area contributed by atoms with Crippen LogP contribution in [0, 0.1) is 0 Å². The summed E-state index contributed by atoms with van der Waals surface area (Å²) in [7, 11) is 0. The third-order valence-corrected chi connectivity index (χ3v) is 6.03. The number of fused-ring (bicyclic) bond motifs is 4. The van der Waals surface area contributed by atoms with Crippen LogP contribution in [-0.4, -0.2) is 74.6 Å². The fourth-order valence-corrected chi connectivity index (χ4v) is 4.24. The van der Waals surface area contributed by atoms with Crippen molar-refractivity contribution in [3.8, 4) is 17.3 Å². The second-order valence-corrected chi connectivity index (χ2v) is 8.56. The highest BCUT2D eigenvalue weighted by Crippen LogP contribution is 2.40. The minimum Gasteiger partial charge on any atom is -0.475 e. The number of carbonyl (C=O) groups excluding carboxylic acids is 1. The lowest BCUT2D eigenvalue weighted by Gasteiger charge is -2.35. The molecule has 0 radical (unpaired) electrons. The summed E-state index contributed by atoms with van der Waals surface area (Å²) in [5.41, 5.74) is -0.0454. The summed E-state index contributed by atoms with van der Waals surface area (Å²) in [6.07, 6.45) is -2.25. The van der Waals surface area contributed by atoms with Crippen molar-refractivity contribution in [2.45, 2.75) is 24.7 Å². The number of carbonyl (C=O) groups is 1. The number of aliphatic hydroxyl groups is 2. The van der Waals surface area contributed by atoms with Crippen LogP contribution in [0.4, 0.5) is 35.3 Å². The molecule has 1 unspecified atom stereocenters. The molecule has 0 spiro atoms. The van der Waals surface area contributed by atoms with E-state index < -0.39 is 30.5 Å². The number of halogens is 3. The Morgan fingerprint density at radius 2 is 2.08 bits per heavy atom. The second-order valence-electron chi connectivity index (χ2n) is 8.56. The molecule has 0 saturated carbocycles. The smallest absolute Gasteiger partial charge is 0.416 e. The monoisotopic (exact) mass is 517 g/mol. The molecule has 11 nitrogen and oxygen atoms in total. The number of amides is 2. The third-order valence-electron chi connectivity index (χ3n) is 6.03. The van der Waals surface area contributed by atoms with E-state index in [1.165, 1.54) is 35.6 Å². The second kappa shape index (κ2) is 9.78. The first kappa shape index (κ1) is 24.6. The Hall–Kier alpha value is -4.04. The molecule has 3 N–H and O–H groups in total. The van der Waals surface area contributed by atoms with Crippen LogP contribution in [0.25, 0.3) is 11.4 Å². The molecular weight excluding hydrogens is 495 g/mol. The zero-order valence-electron chi connectivity index (χ0n) is 19.3. The van der Waals surface area contributed by atoms with E-state index in [0.717, 1.165) is 12.1 Å². The molecule has 14 heteroatoms. The maximum atomic E-state index is 13.4. The van der Waals surface area contributed by atoms with E-state index in [9.17, 15) is 23.1 Å². The minimum absolute atomic E-state index is 0.0605. The van der Waals surface area contributed by atoms with Crippen molar-refractivity contribution >= 4 is 23.4 Å². The number of nitrogens with one attached hydrogen (secondary N) is 1. The number of rotatable bonds is 6. The van der Waals surface area contributed by atoms with Crippen LogP contribution < -0.4 is 19.9 Å². The van der Waals surface area contributed by atoms with Gasteiger partial charge in [0, 0.05) is 24.7 Å². The average molecular weight is 517 g/mol. The number of hydrogen-bond acceptors (Lipinski definition) is 9. The van der Waals surface area contributed by atoms with Crippen molar-refractivity contribution in [1.29, 1.82) is 0 Å². The Kier molecular flexibility index (Phi) is 6.52. The summed E-state index contributed by atoms with van der Waals surface area (Å²) in [6, 6.07) is 5.32. The summed E-state index contributed by atoms with van der Waals surface area (Å²) in [5, 5.41) is 21.0. The molecule has 2 amide bonds. The lowest BCUT2D eigenvalue weighted by molar-refractivity contribution is -0.137. The van der Waals surface area contributed by atoms with Crippen LogP contribution in [0.5, 0.6) is 5.88 Å². The molecule has 2 atom stereocenters. The van der Waals surface area contributed by atoms with Gasteiger partial charge in [0.05, 0.1) is 30.1 Å². The van der Waals surface area contributed by atoms with Gasteiger partial charge in [-0.1, -0.05) is 12.1 Å². The predicted octanol–water partition coefficient (Wildman–Crippen LogP) is 2.32. The Morgan fingerprint density at radius 1 is 1.24 bits per heavy atom. The van der Waals surface area contributed by atoms with Crippen molar-refractivity contribution in [3.63, 3.8) is 0 Å². The topological polar surface area (TPSA) is 137 Å². The zero-order valence-corrected chi connectivity index (χ0v) is 19.3. The lowest BCUT2D eigenvalue weighted by atomic mass is 10.1. The van der Waals surface area contributed by atoms with Crippen LogP contribution in [0.15, 0.2) is 42.9 Å². The highest BCUT2D eigenvalue weighted by molar-refractivity contribution is 6.04. The number of benzene rings is 1. The Balaban J connectivity index is 1.42. The molecule has 1 aromatic carbocycles. The number of alkyl halides is 3. The van der Waals surface area contributed by atoms with Crippen LogP contribution >= 0.6 is 0 Å². The highest BCUT2D eigenvalue weighted by Gasteiger charge is 2.41. The summed E-state index contributed by atoms with van der Waals surface area (Å²) in [5.74, 6) is 0.552. The molecule has 4 heterocycles. The van der Waals surface area contributed by atoms with E-state index in [-0.39, 0.29) is 41.6 Å². The molecule has 1 saturated heterocycles. The minimum atomic E-state index is -4.52. The van der Waals surface area contributed by atoms with E-state index in [1.54, 1.807) is 0 Å². The molecule has 2 bridgehead atoms. The fourth-order valence-electron chi connectivity index (χ4n) is 4.24. The molecular formula is C23H22F3N7O4. The van der Waals surface area contributed by atoms with Gasteiger partial charge in [-0.2, -0.15) is 13.2 Å². The van der Waals surface area contributed by atoms with Crippen LogP contribution in [0.1, 0.15) is 12.0 Å². The summed E-state index contributed by atoms with van der Waals surface area (Å²) in [4.78, 5) is 33.6. The van der Waals surface area contributed by atoms with Gasteiger partial charge >= 0.3 is 12.2 Å². The van der Waals surface area contributed by atoms with Gasteiger partial charge in [0.2, 0.25) is 5.88 Å². The van der Waals surface area contributed by atoms with E-state index in [4.69, 9.17) is 9.84 Å². The van der Waals surface area contributed by atoms with Crippen molar-refractivity contribution in [2.24, 2.45) is 0 Å². The lowest BCUT2D eigenvalue weighted by Crippen LogP contribution is -2.48. The number of aliphatic hydroxyl groups excluding tert-OH is 2. The largest absolute Gasteiger partial charge is 0.475 e. The van der Waals surface area contributed by atoms with Crippen molar-refractivity contribution < 1.29 is 32.9 Å². The van der Waals surface area contributed by atoms with Crippen molar-refractivity contribution in [1.82, 2.24) is 19.9 Å². The number of aromatic nitrogens is 4. The van der Waals surface area contributed by atoms with Crippen LogP contribution in [0.3, 0.4) is 0 Å². The first-order chi connectivity index (χ1) is 17.7. The molecule has 3 aromatic rings. The molecule has 5 rings (SSSR count). The van der Waals surface area contributed by atoms with Gasteiger partial charge in [-0.25, -0.2) is 24.7 Å². The maximum absolute atomic E-state index is 13.4. The van der Waals surface area contributed by atoms with E-state index in [2.05, 4.69) is 25.3 Å². The number of ether oxygens (including phenoxy) is 1. The van der Waals surface area contributed by atoms with Crippen molar-refractivity contribution in [2.75, 3.05) is 41.4 Å². The molecule has 2 aliphatic rings. The van der Waals surface area contributed by atoms with E-state index >= 15 is 0 Å². The number of anilines is 3. The normalized spacial score (nSPS) is 17.4. The maximum Gasteiger partial charge on any atom is 0.416 e. The molecule has 0 aliphatic carbocycles. The number of urea groups is 1. The van der Waals surface area contributed by atoms with Gasteiger partial charge in [0.25, 0.3) is 0 Å². The number of hydrogen-bond donors (Lipinski definition) is 3. The standard InChI is InChI=1S/C23H22F3N7O4/c24-23(25,26)14-3-1-2-13(6-14)20-27-8-17-21(31-20)33(15-4-5-32(17)9-15)22(36)30-18-7-19(29-12-28-18)37-11-16(35)10-34/h1-3,6-8,12,15-16,34-35H,4-5,9-11H2,(H,28,29,30,36)/t15?,16-/m1/s1. The summed E-state index contributed by atoms with van der Waals surface area (Å²) in [6.45, 7) is 0.551. The van der Waals surface area contributed by atoms with Gasteiger partial charge in [0.1, 0.15) is 24.9 Å². The molecule has 2 aromatic heterocycles. The third kappa shape index (κ3) is 5.11. The highest BCUT2D eigenvalue weighted by atomic mass is 19.4. The van der Waals surface area contributed by atoms with E-state index in [1.807, 2.05) is 4.90 Å². The summed E-state index contributed by atoms with van der Waals surface area (Å²) >= 11 is 0. The molecule has 1 fully saturated rings. The van der Waals surface area contributed by atoms with Gasteiger partial charge in [-0.05, 0) is 18.6 Å². The van der Waals surface area contributed by atoms with Crippen LogP contribution in [-0.2, 0) is 6.18 Å². The Morgan fingerprint density at radius 3 is 2.86 bits per heavy atom. The molecule has 37 heavy (non-hydrogen) atoms. The first-order valence-corrected chi connectivity index (χ1v) is 11.4. The van der Waals surface area contributed by atoms with Gasteiger partial charge in [0.15, 0.2) is 11.6 Å². The van der Waals surface area contributed by atoms with E-state index in [0.29, 0.717) is 25.2 Å². The fraction of sp³-hybridized carbons (Fsp3) is 0.348. The quantitative estimate of drug-likeness (QED) is 0.450. The predicted molar refractivity (Wildman–Crippen MR) is 125 cm³/mol.